The summed E-state index contributed by atoms with van der Waals surface area (Å²) in [7, 11) is 0. The van der Waals surface area contributed by atoms with Crippen molar-refractivity contribution in [3.05, 3.63) is 60.8 Å². The molecular formula is C55H96O6. The Kier molecular flexibility index (Phi) is 47.4. The van der Waals surface area contributed by atoms with Crippen LogP contribution in [0, 0.1) is 0 Å². The molecule has 0 N–H and O–H groups in total. The van der Waals surface area contributed by atoms with Gasteiger partial charge in [-0.2, -0.15) is 0 Å². The Morgan fingerprint density at radius 1 is 0.344 bits per heavy atom. The van der Waals surface area contributed by atoms with Gasteiger partial charge in [-0.05, 0) is 44.9 Å². The van der Waals surface area contributed by atoms with Crippen LogP contribution in [0.15, 0.2) is 60.8 Å². The normalized spacial score (nSPS) is 12.5. The number of esters is 3. The highest BCUT2D eigenvalue weighted by molar-refractivity contribution is 5.72. The molecule has 0 fully saturated rings. The number of hydrogen-bond donors (Lipinski definition) is 0. The molecule has 0 bridgehead atoms. The second-order valence-electron chi connectivity index (χ2n) is 17.1. The highest BCUT2D eigenvalue weighted by Crippen LogP contribution is 2.16. The van der Waals surface area contributed by atoms with Crippen molar-refractivity contribution >= 4 is 17.9 Å². The summed E-state index contributed by atoms with van der Waals surface area (Å²) in [6, 6.07) is 0. The van der Waals surface area contributed by atoms with Crippen LogP contribution in [0.3, 0.4) is 0 Å². The van der Waals surface area contributed by atoms with Crippen molar-refractivity contribution in [2.75, 3.05) is 13.2 Å². The summed E-state index contributed by atoms with van der Waals surface area (Å²) in [4.78, 5) is 37.8. The number of hydrogen-bond acceptors (Lipinski definition) is 6. The fourth-order valence-electron chi connectivity index (χ4n) is 7.22. The lowest BCUT2D eigenvalue weighted by Gasteiger charge is -2.18. The molecule has 61 heavy (non-hydrogen) atoms. The summed E-state index contributed by atoms with van der Waals surface area (Å²) in [5, 5.41) is 0. The molecule has 0 spiro atoms. The van der Waals surface area contributed by atoms with E-state index < -0.39 is 12.1 Å². The van der Waals surface area contributed by atoms with Gasteiger partial charge in [0, 0.05) is 12.8 Å². The largest absolute Gasteiger partial charge is 0.462 e. The van der Waals surface area contributed by atoms with E-state index in [1.54, 1.807) is 6.08 Å². The minimum atomic E-state index is -0.823. The van der Waals surface area contributed by atoms with Crippen molar-refractivity contribution < 1.29 is 28.6 Å². The summed E-state index contributed by atoms with van der Waals surface area (Å²) in [6.45, 7) is 6.43. The molecule has 0 heterocycles. The summed E-state index contributed by atoms with van der Waals surface area (Å²) in [5.74, 6) is -1.04. The summed E-state index contributed by atoms with van der Waals surface area (Å²) >= 11 is 0. The number of carbonyl (C=O) groups is 3. The molecule has 0 saturated heterocycles. The average molecular weight is 853 g/mol. The maximum Gasteiger partial charge on any atom is 0.310 e. The highest BCUT2D eigenvalue weighted by atomic mass is 16.6. The predicted octanol–water partition coefficient (Wildman–Crippen LogP) is 16.9. The molecule has 6 nitrogen and oxygen atoms in total. The van der Waals surface area contributed by atoms with E-state index >= 15 is 0 Å². The van der Waals surface area contributed by atoms with Crippen molar-refractivity contribution in [3.8, 4) is 0 Å². The van der Waals surface area contributed by atoms with Gasteiger partial charge in [-0.1, -0.05) is 248 Å². The van der Waals surface area contributed by atoms with Crippen LogP contribution in [0.5, 0.6) is 0 Å². The lowest BCUT2D eigenvalue weighted by Crippen LogP contribution is -2.30. The van der Waals surface area contributed by atoms with Gasteiger partial charge in [-0.15, -0.1) is 0 Å². The Hall–Kier alpha value is -2.89. The fourth-order valence-corrected chi connectivity index (χ4v) is 7.22. The monoisotopic (exact) mass is 853 g/mol. The Bertz CT molecular complexity index is 1120. The third kappa shape index (κ3) is 48.0. The molecule has 0 aromatic rings. The number of ether oxygens (including phenoxy) is 3. The number of allylic oxidation sites excluding steroid dienone is 9. The van der Waals surface area contributed by atoms with E-state index in [4.69, 9.17) is 14.2 Å². The SMILES string of the molecule is CC/C=C\C/C=C\C/C=C\C/C=C\C/C=C\CC(=O)OC(COC(=O)CCCCCCCCCCC)COC(=O)CCCCCCCCCCCCCCCCCCCCC. The molecule has 6 heteroatoms. The van der Waals surface area contributed by atoms with Crippen LogP contribution in [-0.4, -0.2) is 37.2 Å². The van der Waals surface area contributed by atoms with Gasteiger partial charge >= 0.3 is 17.9 Å². The van der Waals surface area contributed by atoms with Gasteiger partial charge in [0.1, 0.15) is 13.2 Å². The standard InChI is InChI=1S/C55H96O6/c1-4-7-10-13-16-19-21-23-25-26-27-28-30-31-33-36-39-42-45-48-54(57)60-51-52(50-59-53(56)47-44-41-38-35-18-15-12-9-6-3)61-55(58)49-46-43-40-37-34-32-29-24-22-20-17-14-11-8-5-2/h8,11,17,20,24,29,34,37,43,46,52H,4-7,9-10,12-16,18-19,21-23,25-28,30-33,35-36,38-42,44-45,47-51H2,1-3H3/b11-8-,20-17-,29-24-,37-34-,46-43-. The number of rotatable bonds is 46. The maximum atomic E-state index is 12.7. The molecule has 0 aromatic heterocycles. The molecule has 0 aromatic carbocycles. The van der Waals surface area contributed by atoms with Crippen LogP contribution in [0.4, 0.5) is 0 Å². The third-order valence-corrected chi connectivity index (χ3v) is 11.1. The van der Waals surface area contributed by atoms with E-state index in [1.807, 2.05) is 6.08 Å². The van der Waals surface area contributed by atoms with Gasteiger partial charge in [0.15, 0.2) is 6.10 Å². The lowest BCUT2D eigenvalue weighted by atomic mass is 10.0. The quantitative estimate of drug-likeness (QED) is 0.0263. The molecule has 352 valence electrons. The van der Waals surface area contributed by atoms with Crippen molar-refractivity contribution in [2.24, 2.45) is 0 Å². The second-order valence-corrected chi connectivity index (χ2v) is 17.1. The number of unbranched alkanes of at least 4 members (excludes halogenated alkanes) is 26. The van der Waals surface area contributed by atoms with E-state index in [1.165, 1.54) is 141 Å². The fraction of sp³-hybridized carbons (Fsp3) is 0.764. The molecule has 0 rings (SSSR count). The molecule has 0 saturated carbocycles. The molecule has 0 radical (unpaired) electrons. The van der Waals surface area contributed by atoms with Gasteiger partial charge in [0.05, 0.1) is 6.42 Å². The summed E-state index contributed by atoms with van der Waals surface area (Å²) in [6.07, 6.45) is 61.0. The first-order chi connectivity index (χ1) is 30.0. The highest BCUT2D eigenvalue weighted by Gasteiger charge is 2.19. The summed E-state index contributed by atoms with van der Waals surface area (Å²) < 4.78 is 16.6. The van der Waals surface area contributed by atoms with E-state index in [2.05, 4.69) is 69.4 Å². The first-order valence-corrected chi connectivity index (χ1v) is 25.8. The Morgan fingerprint density at radius 2 is 0.623 bits per heavy atom. The van der Waals surface area contributed by atoms with Crippen LogP contribution < -0.4 is 0 Å². The molecular weight excluding hydrogens is 757 g/mol. The zero-order chi connectivity index (χ0) is 44.4. The number of carbonyl (C=O) groups excluding carboxylic acids is 3. The Morgan fingerprint density at radius 3 is 0.934 bits per heavy atom. The molecule has 1 unspecified atom stereocenters. The van der Waals surface area contributed by atoms with Gasteiger partial charge in [-0.25, -0.2) is 0 Å². The maximum absolute atomic E-state index is 12.7. The van der Waals surface area contributed by atoms with Gasteiger partial charge < -0.3 is 14.2 Å². The van der Waals surface area contributed by atoms with Crippen LogP contribution in [0.1, 0.15) is 252 Å². The first kappa shape index (κ1) is 58.1. The van der Waals surface area contributed by atoms with Crippen LogP contribution in [-0.2, 0) is 28.6 Å². The first-order valence-electron chi connectivity index (χ1n) is 25.8. The van der Waals surface area contributed by atoms with E-state index in [9.17, 15) is 14.4 Å². The molecule has 0 amide bonds. The van der Waals surface area contributed by atoms with Crippen molar-refractivity contribution in [2.45, 2.75) is 258 Å². The van der Waals surface area contributed by atoms with Crippen molar-refractivity contribution in [1.82, 2.24) is 0 Å². The molecule has 0 aliphatic heterocycles. The lowest BCUT2D eigenvalue weighted by molar-refractivity contribution is -0.166. The second kappa shape index (κ2) is 49.8. The average Bonchev–Trinajstić information content (AvgIpc) is 3.26. The summed E-state index contributed by atoms with van der Waals surface area (Å²) in [5.41, 5.74) is 0. The predicted molar refractivity (Wildman–Crippen MR) is 261 cm³/mol. The van der Waals surface area contributed by atoms with Crippen LogP contribution in [0.25, 0.3) is 0 Å². The zero-order valence-electron chi connectivity index (χ0n) is 40.2. The zero-order valence-corrected chi connectivity index (χ0v) is 40.2. The van der Waals surface area contributed by atoms with Crippen LogP contribution in [0.2, 0.25) is 0 Å². The van der Waals surface area contributed by atoms with Gasteiger partial charge in [0.2, 0.25) is 0 Å². The molecule has 0 aliphatic carbocycles. The smallest absolute Gasteiger partial charge is 0.310 e. The molecule has 0 aliphatic rings. The minimum Gasteiger partial charge on any atom is -0.462 e. The van der Waals surface area contributed by atoms with E-state index in [0.717, 1.165) is 70.6 Å². The van der Waals surface area contributed by atoms with Crippen molar-refractivity contribution in [3.63, 3.8) is 0 Å². The molecule has 1 atom stereocenters. The van der Waals surface area contributed by atoms with Gasteiger partial charge in [-0.3, -0.25) is 14.4 Å². The minimum absolute atomic E-state index is 0.101. The van der Waals surface area contributed by atoms with Crippen LogP contribution >= 0.6 is 0 Å². The van der Waals surface area contributed by atoms with Crippen molar-refractivity contribution in [1.29, 1.82) is 0 Å². The topological polar surface area (TPSA) is 78.9 Å². The Balaban J connectivity index is 4.37. The third-order valence-electron chi connectivity index (χ3n) is 11.1. The van der Waals surface area contributed by atoms with E-state index in [0.29, 0.717) is 12.8 Å². The van der Waals surface area contributed by atoms with E-state index in [-0.39, 0.29) is 31.6 Å². The Labute approximate surface area is 377 Å². The van der Waals surface area contributed by atoms with Gasteiger partial charge in [0.25, 0.3) is 0 Å².